The molecule has 0 spiro atoms. The fourth-order valence-corrected chi connectivity index (χ4v) is 3.30. The van der Waals surface area contributed by atoms with Crippen LogP contribution in [0.1, 0.15) is 24.0 Å². The van der Waals surface area contributed by atoms with Crippen molar-refractivity contribution in [1.29, 1.82) is 0 Å². The van der Waals surface area contributed by atoms with Gasteiger partial charge in [-0.2, -0.15) is 0 Å². The van der Waals surface area contributed by atoms with Gasteiger partial charge in [-0.15, -0.1) is 5.10 Å². The van der Waals surface area contributed by atoms with Crippen molar-refractivity contribution in [2.24, 2.45) is 0 Å². The highest BCUT2D eigenvalue weighted by Crippen LogP contribution is 2.26. The van der Waals surface area contributed by atoms with Crippen molar-refractivity contribution in [2.45, 2.75) is 19.8 Å². The number of carbonyl (C=O) groups excluding carboxylic acids is 1. The molecule has 4 rings (SSSR count). The van der Waals surface area contributed by atoms with Gasteiger partial charge in [0.05, 0.1) is 18.7 Å². The van der Waals surface area contributed by atoms with Crippen LogP contribution in [0.25, 0.3) is 16.5 Å². The Labute approximate surface area is 168 Å². The summed E-state index contributed by atoms with van der Waals surface area (Å²) in [5, 5.41) is 16.4. The Hall–Kier alpha value is -3.74. The van der Waals surface area contributed by atoms with E-state index in [1.54, 1.807) is 11.8 Å². The minimum absolute atomic E-state index is 0.0626. The Balaban J connectivity index is 1.52. The summed E-state index contributed by atoms with van der Waals surface area (Å²) in [6, 6.07) is 17.6. The number of nitrogens with one attached hydrogen (secondary N) is 1. The second kappa shape index (κ2) is 7.71. The van der Waals surface area contributed by atoms with E-state index in [0.717, 1.165) is 39.0 Å². The molecule has 1 atom stereocenters. The van der Waals surface area contributed by atoms with E-state index in [9.17, 15) is 4.79 Å². The average Bonchev–Trinajstić information content (AvgIpc) is 3.27. The third-order valence-electron chi connectivity index (χ3n) is 5.02. The van der Waals surface area contributed by atoms with Gasteiger partial charge in [-0.3, -0.25) is 4.79 Å². The first-order valence-electron chi connectivity index (χ1n) is 9.28. The predicted molar refractivity (Wildman–Crippen MR) is 111 cm³/mol. The smallest absolute Gasteiger partial charge is 0.231 e. The molecule has 0 bridgehead atoms. The number of hydrogen-bond donors (Lipinski definition) is 1. The van der Waals surface area contributed by atoms with Gasteiger partial charge in [0.1, 0.15) is 12.1 Å². The van der Waals surface area contributed by atoms with Crippen molar-refractivity contribution < 1.29 is 9.53 Å². The van der Waals surface area contributed by atoms with E-state index < -0.39 is 0 Å². The number of rotatable bonds is 5. The van der Waals surface area contributed by atoms with Crippen LogP contribution in [-0.2, 0) is 4.79 Å². The third-order valence-corrected chi connectivity index (χ3v) is 5.02. The minimum atomic E-state index is -0.291. The average molecular weight is 387 g/mol. The number of tetrazole rings is 1. The van der Waals surface area contributed by atoms with E-state index in [0.29, 0.717) is 0 Å². The van der Waals surface area contributed by atoms with Gasteiger partial charge in [-0.1, -0.05) is 24.3 Å². The Kier molecular flexibility index (Phi) is 4.95. The zero-order valence-electron chi connectivity index (χ0n) is 16.5. The number of aryl methyl sites for hydroxylation is 1. The maximum Gasteiger partial charge on any atom is 0.231 e. The molecule has 0 aliphatic rings. The maximum absolute atomic E-state index is 12.8. The van der Waals surface area contributed by atoms with Crippen molar-refractivity contribution in [3.63, 3.8) is 0 Å². The molecule has 1 heterocycles. The highest BCUT2D eigenvalue weighted by molar-refractivity contribution is 5.96. The van der Waals surface area contributed by atoms with Gasteiger partial charge in [0.25, 0.3) is 0 Å². The Morgan fingerprint density at radius 3 is 2.59 bits per heavy atom. The van der Waals surface area contributed by atoms with Gasteiger partial charge < -0.3 is 10.1 Å². The lowest BCUT2D eigenvalue weighted by atomic mass is 9.97. The van der Waals surface area contributed by atoms with E-state index in [1.165, 1.54) is 6.33 Å². The van der Waals surface area contributed by atoms with Crippen LogP contribution < -0.4 is 10.1 Å². The van der Waals surface area contributed by atoms with Gasteiger partial charge in [0, 0.05) is 5.69 Å². The van der Waals surface area contributed by atoms with Crippen molar-refractivity contribution in [1.82, 2.24) is 20.2 Å². The number of nitrogens with zero attached hydrogens (tertiary/aromatic N) is 4. The number of fused-ring (bicyclic) bond motifs is 1. The van der Waals surface area contributed by atoms with Gasteiger partial charge in [0.2, 0.25) is 5.91 Å². The lowest BCUT2D eigenvalue weighted by molar-refractivity contribution is -0.117. The Morgan fingerprint density at radius 1 is 1.07 bits per heavy atom. The predicted octanol–water partition coefficient (Wildman–Crippen LogP) is 3.87. The highest BCUT2D eigenvalue weighted by atomic mass is 16.5. The summed E-state index contributed by atoms with van der Waals surface area (Å²) in [6.45, 7) is 3.86. The molecule has 0 aliphatic heterocycles. The van der Waals surface area contributed by atoms with Crippen LogP contribution in [-0.4, -0.2) is 33.2 Å². The SMILES string of the molecule is COc1ccc2cc(C(C)C(=O)Nc3ccc(-n4cnnn4)c(C)c3)ccc2c1. The summed E-state index contributed by atoms with van der Waals surface area (Å²) >= 11 is 0. The molecule has 7 heteroatoms. The first-order valence-corrected chi connectivity index (χ1v) is 9.28. The molecule has 1 unspecified atom stereocenters. The molecule has 1 aromatic heterocycles. The standard InChI is InChI=1S/C22H21N5O2/c1-14-10-19(7-9-21(14)27-13-23-25-26-27)24-22(28)15(2)16-4-5-18-12-20(29-3)8-6-17(18)11-16/h4-13,15H,1-3H3,(H,24,28). The van der Waals surface area contributed by atoms with Crippen LogP contribution >= 0.6 is 0 Å². The van der Waals surface area contributed by atoms with E-state index in [4.69, 9.17) is 4.74 Å². The fourth-order valence-electron chi connectivity index (χ4n) is 3.30. The van der Waals surface area contributed by atoms with Crippen LogP contribution in [0.15, 0.2) is 60.9 Å². The first-order chi connectivity index (χ1) is 14.0. The summed E-state index contributed by atoms with van der Waals surface area (Å²) in [4.78, 5) is 12.8. The van der Waals surface area contributed by atoms with E-state index in [2.05, 4.69) is 20.8 Å². The molecule has 0 saturated heterocycles. The normalized spacial score (nSPS) is 12.0. The largest absolute Gasteiger partial charge is 0.497 e. The Morgan fingerprint density at radius 2 is 1.86 bits per heavy atom. The zero-order chi connectivity index (χ0) is 20.4. The molecule has 3 aromatic carbocycles. The van der Waals surface area contributed by atoms with Gasteiger partial charge in [-0.05, 0) is 76.5 Å². The molecule has 0 radical (unpaired) electrons. The monoisotopic (exact) mass is 387 g/mol. The zero-order valence-corrected chi connectivity index (χ0v) is 16.5. The third kappa shape index (κ3) is 3.80. The lowest BCUT2D eigenvalue weighted by Crippen LogP contribution is -2.19. The lowest BCUT2D eigenvalue weighted by Gasteiger charge is -2.15. The summed E-state index contributed by atoms with van der Waals surface area (Å²) in [5.41, 5.74) is 3.53. The van der Waals surface area contributed by atoms with Crippen molar-refractivity contribution >= 4 is 22.4 Å². The molecule has 0 saturated carbocycles. The number of methoxy groups -OCH3 is 1. The van der Waals surface area contributed by atoms with Gasteiger partial charge >= 0.3 is 0 Å². The molecule has 1 N–H and O–H groups in total. The fraction of sp³-hybridized carbons (Fsp3) is 0.182. The molecule has 0 aliphatic carbocycles. The van der Waals surface area contributed by atoms with Crippen LogP contribution in [0, 0.1) is 6.92 Å². The van der Waals surface area contributed by atoms with E-state index in [-0.39, 0.29) is 11.8 Å². The summed E-state index contributed by atoms with van der Waals surface area (Å²) in [5.74, 6) is 0.463. The molecule has 29 heavy (non-hydrogen) atoms. The summed E-state index contributed by atoms with van der Waals surface area (Å²) in [7, 11) is 1.65. The number of aromatic nitrogens is 4. The van der Waals surface area contributed by atoms with Gasteiger partial charge in [-0.25, -0.2) is 4.68 Å². The number of benzene rings is 3. The number of amides is 1. The van der Waals surface area contributed by atoms with E-state index >= 15 is 0 Å². The number of anilines is 1. The van der Waals surface area contributed by atoms with Crippen LogP contribution in [0.2, 0.25) is 0 Å². The molecular weight excluding hydrogens is 366 g/mol. The summed E-state index contributed by atoms with van der Waals surface area (Å²) < 4.78 is 6.86. The Bertz CT molecular complexity index is 1170. The second-order valence-corrected chi connectivity index (χ2v) is 6.94. The molecular formula is C22H21N5O2. The van der Waals surface area contributed by atoms with E-state index in [1.807, 2.05) is 68.4 Å². The van der Waals surface area contributed by atoms with Crippen molar-refractivity contribution in [2.75, 3.05) is 12.4 Å². The first kappa shape index (κ1) is 18.6. The van der Waals surface area contributed by atoms with Crippen molar-refractivity contribution in [3.05, 3.63) is 72.1 Å². The topological polar surface area (TPSA) is 81.9 Å². The molecule has 7 nitrogen and oxygen atoms in total. The number of hydrogen-bond acceptors (Lipinski definition) is 5. The van der Waals surface area contributed by atoms with Crippen LogP contribution in [0.5, 0.6) is 5.75 Å². The number of ether oxygens (including phenoxy) is 1. The molecule has 4 aromatic rings. The number of carbonyl (C=O) groups is 1. The maximum atomic E-state index is 12.8. The van der Waals surface area contributed by atoms with Crippen LogP contribution in [0.3, 0.4) is 0 Å². The molecule has 1 amide bonds. The minimum Gasteiger partial charge on any atom is -0.497 e. The highest BCUT2D eigenvalue weighted by Gasteiger charge is 2.16. The van der Waals surface area contributed by atoms with Crippen molar-refractivity contribution in [3.8, 4) is 11.4 Å². The van der Waals surface area contributed by atoms with Gasteiger partial charge in [0.15, 0.2) is 0 Å². The molecule has 146 valence electrons. The summed E-state index contributed by atoms with van der Waals surface area (Å²) in [6.07, 6.45) is 1.54. The van der Waals surface area contributed by atoms with Crippen LogP contribution in [0.4, 0.5) is 5.69 Å². The quantitative estimate of drug-likeness (QED) is 0.562. The second-order valence-electron chi connectivity index (χ2n) is 6.94. The molecule has 0 fully saturated rings.